The standard InChI is InChI=1S/C14H24N2O/c1-3-5-14(17)16(8-4-2)13-9-11-6-7-12(10-13)15-11/h3,11-13,15H,1,4-10H2,2H3. The van der Waals surface area contributed by atoms with Gasteiger partial charge in [-0.05, 0) is 32.1 Å². The molecule has 3 heteroatoms. The van der Waals surface area contributed by atoms with Crippen LogP contribution in [-0.2, 0) is 4.79 Å². The second kappa shape index (κ2) is 5.67. The molecule has 2 fully saturated rings. The molecule has 2 aliphatic rings. The summed E-state index contributed by atoms with van der Waals surface area (Å²) in [5.74, 6) is 0.258. The van der Waals surface area contributed by atoms with Gasteiger partial charge in [0.25, 0.3) is 0 Å². The second-order valence-corrected chi connectivity index (χ2v) is 5.34. The number of hydrogen-bond donors (Lipinski definition) is 1. The molecule has 96 valence electrons. The molecule has 0 aromatic carbocycles. The van der Waals surface area contributed by atoms with Gasteiger partial charge in [0.15, 0.2) is 0 Å². The molecule has 0 saturated carbocycles. The van der Waals surface area contributed by atoms with Crippen molar-refractivity contribution in [3.8, 4) is 0 Å². The number of piperidine rings is 1. The Kier molecular flexibility index (Phi) is 4.21. The Bertz CT molecular complexity index is 278. The third-order valence-corrected chi connectivity index (χ3v) is 3.99. The maximum absolute atomic E-state index is 12.1. The average Bonchev–Trinajstić information content (AvgIpc) is 2.65. The maximum Gasteiger partial charge on any atom is 0.226 e. The Morgan fingerprint density at radius 2 is 2.06 bits per heavy atom. The molecule has 0 aromatic rings. The van der Waals surface area contributed by atoms with E-state index < -0.39 is 0 Å². The lowest BCUT2D eigenvalue weighted by molar-refractivity contribution is -0.133. The zero-order valence-corrected chi connectivity index (χ0v) is 10.8. The molecule has 0 radical (unpaired) electrons. The van der Waals surface area contributed by atoms with Crippen LogP contribution in [0.15, 0.2) is 12.7 Å². The van der Waals surface area contributed by atoms with Crippen LogP contribution in [0.2, 0.25) is 0 Å². The molecule has 2 aliphatic heterocycles. The molecule has 0 spiro atoms. The molecule has 2 bridgehead atoms. The molecule has 2 saturated heterocycles. The summed E-state index contributed by atoms with van der Waals surface area (Å²) in [5.41, 5.74) is 0. The molecule has 2 atom stereocenters. The first-order chi connectivity index (χ1) is 8.24. The number of rotatable bonds is 5. The minimum Gasteiger partial charge on any atom is -0.339 e. The quantitative estimate of drug-likeness (QED) is 0.741. The van der Waals surface area contributed by atoms with Gasteiger partial charge in [-0.3, -0.25) is 4.79 Å². The van der Waals surface area contributed by atoms with Crippen molar-refractivity contribution in [3.05, 3.63) is 12.7 Å². The summed E-state index contributed by atoms with van der Waals surface area (Å²) in [6.07, 6.45) is 8.11. The summed E-state index contributed by atoms with van der Waals surface area (Å²) < 4.78 is 0. The van der Waals surface area contributed by atoms with Gasteiger partial charge in [0.05, 0.1) is 0 Å². The van der Waals surface area contributed by atoms with E-state index in [0.717, 1.165) is 25.8 Å². The fourth-order valence-electron chi connectivity index (χ4n) is 3.27. The van der Waals surface area contributed by atoms with E-state index >= 15 is 0 Å². The molecule has 0 aromatic heterocycles. The van der Waals surface area contributed by atoms with Gasteiger partial charge in [-0.2, -0.15) is 0 Å². The lowest BCUT2D eigenvalue weighted by Gasteiger charge is -2.37. The number of amides is 1. The van der Waals surface area contributed by atoms with Crippen LogP contribution in [0.4, 0.5) is 0 Å². The van der Waals surface area contributed by atoms with E-state index in [-0.39, 0.29) is 5.91 Å². The summed E-state index contributed by atoms with van der Waals surface area (Å²) in [6.45, 7) is 6.71. The van der Waals surface area contributed by atoms with Gasteiger partial charge in [0.1, 0.15) is 0 Å². The van der Waals surface area contributed by atoms with E-state index in [1.807, 2.05) is 0 Å². The Balaban J connectivity index is 2.00. The number of fused-ring (bicyclic) bond motifs is 2. The highest BCUT2D eigenvalue weighted by Crippen LogP contribution is 2.30. The minimum atomic E-state index is 0.258. The van der Waals surface area contributed by atoms with E-state index in [4.69, 9.17) is 0 Å². The van der Waals surface area contributed by atoms with Gasteiger partial charge in [-0.25, -0.2) is 0 Å². The first kappa shape index (κ1) is 12.6. The number of nitrogens with one attached hydrogen (secondary N) is 1. The zero-order valence-electron chi connectivity index (χ0n) is 10.8. The fraction of sp³-hybridized carbons (Fsp3) is 0.786. The van der Waals surface area contributed by atoms with Crippen LogP contribution in [-0.4, -0.2) is 35.5 Å². The van der Waals surface area contributed by atoms with Crippen LogP contribution in [0.1, 0.15) is 45.4 Å². The number of nitrogens with zero attached hydrogens (tertiary/aromatic N) is 1. The van der Waals surface area contributed by atoms with Crippen molar-refractivity contribution in [2.24, 2.45) is 0 Å². The summed E-state index contributed by atoms with van der Waals surface area (Å²) in [5, 5.41) is 3.63. The average molecular weight is 236 g/mol. The minimum absolute atomic E-state index is 0.258. The van der Waals surface area contributed by atoms with Crippen molar-refractivity contribution in [2.75, 3.05) is 6.54 Å². The van der Waals surface area contributed by atoms with Crippen molar-refractivity contribution in [1.29, 1.82) is 0 Å². The van der Waals surface area contributed by atoms with Gasteiger partial charge < -0.3 is 10.2 Å². The molecule has 2 unspecified atom stereocenters. The largest absolute Gasteiger partial charge is 0.339 e. The summed E-state index contributed by atoms with van der Waals surface area (Å²) >= 11 is 0. The fourth-order valence-corrected chi connectivity index (χ4v) is 3.27. The van der Waals surface area contributed by atoms with Crippen molar-refractivity contribution in [1.82, 2.24) is 10.2 Å². The van der Waals surface area contributed by atoms with Gasteiger partial charge >= 0.3 is 0 Å². The number of hydrogen-bond acceptors (Lipinski definition) is 2. The van der Waals surface area contributed by atoms with E-state index in [9.17, 15) is 4.79 Å². The van der Waals surface area contributed by atoms with Crippen LogP contribution in [0, 0.1) is 0 Å². The molecule has 3 nitrogen and oxygen atoms in total. The lowest BCUT2D eigenvalue weighted by Crippen LogP contribution is -2.50. The monoisotopic (exact) mass is 236 g/mol. The van der Waals surface area contributed by atoms with Crippen LogP contribution in [0.25, 0.3) is 0 Å². The van der Waals surface area contributed by atoms with Crippen molar-refractivity contribution < 1.29 is 4.79 Å². The summed E-state index contributed by atoms with van der Waals surface area (Å²) in [6, 6.07) is 1.76. The van der Waals surface area contributed by atoms with Crippen LogP contribution < -0.4 is 5.32 Å². The van der Waals surface area contributed by atoms with Gasteiger partial charge in [-0.1, -0.05) is 13.0 Å². The number of carbonyl (C=O) groups excluding carboxylic acids is 1. The summed E-state index contributed by atoms with van der Waals surface area (Å²) in [7, 11) is 0. The third-order valence-electron chi connectivity index (χ3n) is 3.99. The predicted octanol–water partition coefficient (Wildman–Crippen LogP) is 2.08. The Hall–Kier alpha value is -0.830. The van der Waals surface area contributed by atoms with Gasteiger partial charge in [0, 0.05) is 31.1 Å². The van der Waals surface area contributed by atoms with Crippen molar-refractivity contribution >= 4 is 5.91 Å². The van der Waals surface area contributed by atoms with Crippen LogP contribution in [0.5, 0.6) is 0 Å². The predicted molar refractivity (Wildman–Crippen MR) is 69.8 cm³/mol. The van der Waals surface area contributed by atoms with E-state index in [0.29, 0.717) is 24.5 Å². The SMILES string of the molecule is C=CCC(=O)N(CCC)C1CC2CCC(C1)N2. The molecular weight excluding hydrogens is 212 g/mol. The smallest absolute Gasteiger partial charge is 0.226 e. The normalized spacial score (nSPS) is 31.2. The van der Waals surface area contributed by atoms with Crippen molar-refractivity contribution in [2.45, 2.75) is 63.6 Å². The zero-order chi connectivity index (χ0) is 12.3. The Labute approximate surface area is 104 Å². The van der Waals surface area contributed by atoms with Crippen LogP contribution >= 0.6 is 0 Å². The topological polar surface area (TPSA) is 32.3 Å². The lowest BCUT2D eigenvalue weighted by atomic mass is 9.97. The van der Waals surface area contributed by atoms with Crippen molar-refractivity contribution in [3.63, 3.8) is 0 Å². The summed E-state index contributed by atoms with van der Waals surface area (Å²) in [4.78, 5) is 14.2. The first-order valence-electron chi connectivity index (χ1n) is 6.91. The highest BCUT2D eigenvalue weighted by atomic mass is 16.2. The van der Waals surface area contributed by atoms with Crippen LogP contribution in [0.3, 0.4) is 0 Å². The number of carbonyl (C=O) groups is 1. The molecule has 0 aliphatic carbocycles. The Morgan fingerprint density at radius 1 is 1.41 bits per heavy atom. The molecule has 2 rings (SSSR count). The van der Waals surface area contributed by atoms with Gasteiger partial charge in [0.2, 0.25) is 5.91 Å². The van der Waals surface area contributed by atoms with E-state index in [1.165, 1.54) is 12.8 Å². The second-order valence-electron chi connectivity index (χ2n) is 5.34. The third kappa shape index (κ3) is 2.89. The molecule has 1 amide bonds. The molecule has 2 heterocycles. The highest BCUT2D eigenvalue weighted by Gasteiger charge is 2.36. The highest BCUT2D eigenvalue weighted by molar-refractivity contribution is 5.78. The van der Waals surface area contributed by atoms with E-state index in [2.05, 4.69) is 23.7 Å². The maximum atomic E-state index is 12.1. The molecule has 1 N–H and O–H groups in total. The molecule has 17 heavy (non-hydrogen) atoms. The molecular formula is C14H24N2O. The van der Waals surface area contributed by atoms with Gasteiger partial charge in [-0.15, -0.1) is 6.58 Å². The Morgan fingerprint density at radius 3 is 2.59 bits per heavy atom. The first-order valence-corrected chi connectivity index (χ1v) is 6.91. The van der Waals surface area contributed by atoms with E-state index in [1.54, 1.807) is 6.08 Å².